The predicted molar refractivity (Wildman–Crippen MR) is 85.2 cm³/mol. The zero-order valence-corrected chi connectivity index (χ0v) is 11.9. The monoisotopic (exact) mass is 288 g/mol. The molecule has 104 valence electrons. The molecule has 2 rings (SSSR count). The summed E-state index contributed by atoms with van der Waals surface area (Å²) < 4.78 is 21.8. The summed E-state index contributed by atoms with van der Waals surface area (Å²) in [5.74, 6) is 0. The van der Waals surface area contributed by atoms with Crippen LogP contribution in [0.1, 0.15) is 18.1 Å². The molecule has 0 saturated carbocycles. The van der Waals surface area contributed by atoms with Gasteiger partial charge < -0.3 is 5.73 Å². The number of anilines is 2. The molecule has 0 aliphatic heterocycles. The third-order valence-electron chi connectivity index (χ3n) is 2.87. The topological polar surface area (TPSA) is 75.3 Å². The summed E-state index contributed by atoms with van der Waals surface area (Å²) in [7, 11) is 0. The van der Waals surface area contributed by atoms with Crippen molar-refractivity contribution in [1.29, 1.82) is 0 Å². The Morgan fingerprint density at radius 1 is 1.15 bits per heavy atom. The van der Waals surface area contributed by atoms with Crippen molar-refractivity contribution >= 4 is 34.3 Å². The van der Waals surface area contributed by atoms with Crippen molar-refractivity contribution in [3.05, 3.63) is 59.7 Å². The van der Waals surface area contributed by atoms with Gasteiger partial charge in [-0.25, -0.2) is 4.21 Å². The van der Waals surface area contributed by atoms with Gasteiger partial charge in [0.1, 0.15) is 0 Å². The minimum absolute atomic E-state index is 0.605. The van der Waals surface area contributed by atoms with Crippen LogP contribution in [0.15, 0.2) is 48.5 Å². The van der Waals surface area contributed by atoms with Gasteiger partial charge in [0.15, 0.2) is 0 Å². The van der Waals surface area contributed by atoms with Crippen LogP contribution < -0.4 is 10.5 Å². The highest BCUT2D eigenvalue weighted by Crippen LogP contribution is 2.20. The molecule has 0 aliphatic carbocycles. The molecule has 1 unspecified atom stereocenters. The van der Waals surface area contributed by atoms with Crippen molar-refractivity contribution in [3.63, 3.8) is 0 Å². The van der Waals surface area contributed by atoms with Gasteiger partial charge >= 0.3 is 0 Å². The van der Waals surface area contributed by atoms with E-state index in [4.69, 9.17) is 10.3 Å². The third kappa shape index (κ3) is 3.94. The Hall–Kier alpha value is -2.11. The molecule has 0 aliphatic rings. The van der Waals surface area contributed by atoms with Crippen molar-refractivity contribution in [2.45, 2.75) is 6.92 Å². The van der Waals surface area contributed by atoms with Crippen molar-refractivity contribution < 1.29 is 8.76 Å². The van der Waals surface area contributed by atoms with Crippen LogP contribution in [-0.2, 0) is 11.3 Å². The number of hydrogen-bond acceptors (Lipinski definition) is 2. The van der Waals surface area contributed by atoms with Gasteiger partial charge in [0.25, 0.3) is 11.3 Å². The number of nitrogens with one attached hydrogen (secondary N) is 1. The average Bonchev–Trinajstić information content (AvgIpc) is 2.41. The quantitative estimate of drug-likeness (QED) is 0.458. The lowest BCUT2D eigenvalue weighted by Crippen LogP contribution is -2.01. The molecular weight excluding hydrogens is 272 g/mol. The van der Waals surface area contributed by atoms with E-state index in [9.17, 15) is 4.21 Å². The number of hydrogen-bond donors (Lipinski definition) is 3. The van der Waals surface area contributed by atoms with Crippen LogP contribution in [0.3, 0.4) is 0 Å². The SMILES string of the molecule is CC(=Cc1ccc(NS(=O)O)cc1)c1ccc(N)cc1. The van der Waals surface area contributed by atoms with E-state index < -0.39 is 11.3 Å². The average molecular weight is 288 g/mol. The number of nitrogens with two attached hydrogens (primary N) is 1. The molecule has 0 radical (unpaired) electrons. The van der Waals surface area contributed by atoms with E-state index in [0.29, 0.717) is 5.69 Å². The predicted octanol–water partition coefficient (Wildman–Crippen LogP) is 3.38. The smallest absolute Gasteiger partial charge is 0.259 e. The molecule has 2 aromatic rings. The lowest BCUT2D eigenvalue weighted by molar-refractivity contribution is 0.570. The molecule has 0 heterocycles. The van der Waals surface area contributed by atoms with Crippen LogP contribution in [0.2, 0.25) is 0 Å². The van der Waals surface area contributed by atoms with Crippen molar-refractivity contribution in [2.24, 2.45) is 0 Å². The van der Waals surface area contributed by atoms with Gasteiger partial charge in [-0.05, 0) is 47.9 Å². The molecule has 0 amide bonds. The fraction of sp³-hybridized carbons (Fsp3) is 0.0667. The summed E-state index contributed by atoms with van der Waals surface area (Å²) in [5, 5.41) is 0. The van der Waals surface area contributed by atoms with E-state index in [1.807, 2.05) is 49.4 Å². The van der Waals surface area contributed by atoms with Gasteiger partial charge in [-0.2, -0.15) is 0 Å². The summed E-state index contributed by atoms with van der Waals surface area (Å²) in [5.41, 5.74) is 10.3. The molecule has 0 fully saturated rings. The van der Waals surface area contributed by atoms with Crippen molar-refractivity contribution in [2.75, 3.05) is 10.5 Å². The summed E-state index contributed by atoms with van der Waals surface area (Å²) in [6, 6.07) is 15.0. The van der Waals surface area contributed by atoms with E-state index >= 15 is 0 Å². The molecule has 2 aromatic carbocycles. The normalized spacial score (nSPS) is 13.0. The first-order chi connectivity index (χ1) is 9.54. The van der Waals surface area contributed by atoms with E-state index in [1.54, 1.807) is 12.1 Å². The Morgan fingerprint density at radius 2 is 1.75 bits per heavy atom. The summed E-state index contributed by atoms with van der Waals surface area (Å²) in [6.45, 7) is 2.03. The largest absolute Gasteiger partial charge is 0.399 e. The molecule has 0 saturated heterocycles. The van der Waals surface area contributed by atoms with Gasteiger partial charge in [0, 0.05) is 11.4 Å². The Bertz CT molecular complexity index is 634. The molecule has 0 bridgehead atoms. The van der Waals surface area contributed by atoms with E-state index in [-0.39, 0.29) is 0 Å². The fourth-order valence-corrected chi connectivity index (χ4v) is 2.17. The van der Waals surface area contributed by atoms with E-state index in [2.05, 4.69) is 4.72 Å². The summed E-state index contributed by atoms with van der Waals surface area (Å²) in [6.07, 6.45) is 2.05. The van der Waals surface area contributed by atoms with Gasteiger partial charge in [-0.1, -0.05) is 30.3 Å². The minimum Gasteiger partial charge on any atom is -0.399 e. The number of nitrogen functional groups attached to an aromatic ring is 1. The molecule has 0 spiro atoms. The number of benzene rings is 2. The van der Waals surface area contributed by atoms with E-state index in [1.165, 1.54) is 0 Å². The Kier molecular flexibility index (Phi) is 4.55. The number of allylic oxidation sites excluding steroid dienone is 1. The van der Waals surface area contributed by atoms with Crippen LogP contribution >= 0.6 is 0 Å². The first kappa shape index (κ1) is 14.3. The van der Waals surface area contributed by atoms with Crippen LogP contribution in [0, 0.1) is 0 Å². The molecule has 4 N–H and O–H groups in total. The van der Waals surface area contributed by atoms with Crippen LogP contribution in [0.5, 0.6) is 0 Å². The second kappa shape index (κ2) is 6.36. The van der Waals surface area contributed by atoms with Crippen LogP contribution in [-0.4, -0.2) is 8.76 Å². The zero-order valence-electron chi connectivity index (χ0n) is 11.0. The summed E-state index contributed by atoms with van der Waals surface area (Å²) in [4.78, 5) is 0. The Morgan fingerprint density at radius 3 is 2.30 bits per heavy atom. The highest BCUT2D eigenvalue weighted by atomic mass is 32.2. The van der Waals surface area contributed by atoms with Gasteiger partial charge in [0.2, 0.25) is 0 Å². The first-order valence-electron chi connectivity index (χ1n) is 6.06. The lowest BCUT2D eigenvalue weighted by Gasteiger charge is -2.04. The minimum atomic E-state index is -2.04. The van der Waals surface area contributed by atoms with Gasteiger partial charge in [-0.15, -0.1) is 0 Å². The zero-order chi connectivity index (χ0) is 14.5. The van der Waals surface area contributed by atoms with Crippen molar-refractivity contribution in [1.82, 2.24) is 0 Å². The lowest BCUT2D eigenvalue weighted by atomic mass is 10.0. The maximum absolute atomic E-state index is 10.6. The third-order valence-corrected chi connectivity index (χ3v) is 3.28. The maximum atomic E-state index is 10.6. The Balaban J connectivity index is 2.17. The summed E-state index contributed by atoms with van der Waals surface area (Å²) >= 11 is -2.04. The van der Waals surface area contributed by atoms with E-state index in [0.717, 1.165) is 22.4 Å². The number of rotatable bonds is 4. The van der Waals surface area contributed by atoms with Gasteiger partial charge in [0.05, 0.1) is 0 Å². The Labute approximate surface area is 120 Å². The second-order valence-electron chi connectivity index (χ2n) is 4.42. The molecular formula is C15H16N2O2S. The molecule has 5 heteroatoms. The first-order valence-corrected chi connectivity index (χ1v) is 7.17. The molecule has 20 heavy (non-hydrogen) atoms. The standard InChI is InChI=1S/C15H16N2O2S/c1-11(13-4-6-14(16)7-5-13)10-12-2-8-15(9-3-12)17-20(18)19/h2-10,17H,16H2,1H3,(H,18,19). The molecule has 4 nitrogen and oxygen atoms in total. The fourth-order valence-electron chi connectivity index (χ4n) is 1.83. The molecule has 1 atom stereocenters. The highest BCUT2D eigenvalue weighted by molar-refractivity contribution is 7.80. The van der Waals surface area contributed by atoms with Crippen LogP contribution in [0.4, 0.5) is 11.4 Å². The van der Waals surface area contributed by atoms with Gasteiger partial charge in [-0.3, -0.25) is 9.27 Å². The highest BCUT2D eigenvalue weighted by Gasteiger charge is 1.98. The second-order valence-corrected chi connectivity index (χ2v) is 5.13. The maximum Gasteiger partial charge on any atom is 0.259 e. The molecule has 0 aromatic heterocycles. The van der Waals surface area contributed by atoms with Crippen LogP contribution in [0.25, 0.3) is 11.6 Å². The van der Waals surface area contributed by atoms with Crippen molar-refractivity contribution in [3.8, 4) is 0 Å².